The Morgan fingerprint density at radius 1 is 0.929 bits per heavy atom. The van der Waals surface area contributed by atoms with Gasteiger partial charge in [0, 0.05) is 6.54 Å². The Morgan fingerprint density at radius 3 is 2.32 bits per heavy atom. The highest BCUT2D eigenvalue weighted by Gasteiger charge is 2.16. The largest absolute Gasteiger partial charge is 0.506 e. The van der Waals surface area contributed by atoms with Crippen LogP contribution >= 0.6 is 11.6 Å². The van der Waals surface area contributed by atoms with Gasteiger partial charge in [0.1, 0.15) is 11.5 Å². The number of carbonyl (C=O) groups is 1. The zero-order valence-corrected chi connectivity index (χ0v) is 16.2. The maximum absolute atomic E-state index is 12.5. The lowest BCUT2D eigenvalue weighted by atomic mass is 10.0. The second-order valence-electron chi connectivity index (χ2n) is 6.34. The first kappa shape index (κ1) is 19.8. The van der Waals surface area contributed by atoms with Crippen molar-refractivity contribution in [2.75, 3.05) is 13.2 Å². The van der Waals surface area contributed by atoms with Crippen LogP contribution in [0, 0.1) is 0 Å². The number of carbonyl (C=O) groups excluding carboxylic acids is 1. The minimum absolute atomic E-state index is 0.155. The van der Waals surface area contributed by atoms with E-state index in [2.05, 4.69) is 5.32 Å². The molecule has 144 valence electrons. The Labute approximate surface area is 169 Å². The molecule has 0 saturated carbocycles. The van der Waals surface area contributed by atoms with Crippen molar-refractivity contribution in [3.63, 3.8) is 0 Å². The molecule has 3 aromatic carbocycles. The molecule has 0 aliphatic heterocycles. The number of hydrogen-bond donors (Lipinski definition) is 2. The molecular weight excluding hydrogens is 374 g/mol. The first-order valence-electron chi connectivity index (χ1n) is 9.19. The van der Waals surface area contributed by atoms with Crippen molar-refractivity contribution in [3.8, 4) is 22.6 Å². The van der Waals surface area contributed by atoms with E-state index in [1.54, 1.807) is 12.1 Å². The van der Waals surface area contributed by atoms with Gasteiger partial charge in [-0.05, 0) is 48.2 Å². The third-order valence-corrected chi connectivity index (χ3v) is 4.57. The number of unbranched alkanes of at least 4 members (excludes halogenated alkanes) is 1. The van der Waals surface area contributed by atoms with Crippen molar-refractivity contribution >= 4 is 17.5 Å². The summed E-state index contributed by atoms with van der Waals surface area (Å²) in [5, 5.41) is 13.2. The Balaban J connectivity index is 1.53. The van der Waals surface area contributed by atoms with Crippen LogP contribution in [0.25, 0.3) is 11.1 Å². The average Bonchev–Trinajstić information content (AvgIpc) is 2.73. The highest BCUT2D eigenvalue weighted by Crippen LogP contribution is 2.33. The first-order valence-corrected chi connectivity index (χ1v) is 9.57. The molecular formula is C23H22ClNO3. The van der Waals surface area contributed by atoms with E-state index in [0.717, 1.165) is 29.7 Å². The van der Waals surface area contributed by atoms with Crippen LogP contribution in [0.1, 0.15) is 23.2 Å². The zero-order valence-electron chi connectivity index (χ0n) is 15.4. The molecule has 0 aliphatic carbocycles. The van der Waals surface area contributed by atoms with Gasteiger partial charge in [0.25, 0.3) is 5.91 Å². The lowest BCUT2D eigenvalue weighted by molar-refractivity contribution is 0.0949. The van der Waals surface area contributed by atoms with E-state index in [0.29, 0.717) is 13.2 Å². The van der Waals surface area contributed by atoms with Crippen molar-refractivity contribution in [1.82, 2.24) is 5.32 Å². The third kappa shape index (κ3) is 5.27. The molecule has 0 bridgehead atoms. The molecule has 0 atom stereocenters. The molecule has 1 amide bonds. The van der Waals surface area contributed by atoms with Gasteiger partial charge in [-0.3, -0.25) is 4.79 Å². The van der Waals surface area contributed by atoms with Gasteiger partial charge >= 0.3 is 0 Å². The van der Waals surface area contributed by atoms with Crippen molar-refractivity contribution in [2.24, 2.45) is 0 Å². The van der Waals surface area contributed by atoms with Crippen LogP contribution < -0.4 is 10.1 Å². The molecule has 0 heterocycles. The molecule has 2 N–H and O–H groups in total. The zero-order chi connectivity index (χ0) is 19.8. The van der Waals surface area contributed by atoms with E-state index in [1.165, 1.54) is 0 Å². The van der Waals surface area contributed by atoms with Crippen molar-refractivity contribution in [1.29, 1.82) is 0 Å². The predicted octanol–water partition coefficient (Wildman–Crippen LogP) is 5.30. The predicted molar refractivity (Wildman–Crippen MR) is 112 cm³/mol. The number of rotatable bonds is 8. The summed E-state index contributed by atoms with van der Waals surface area (Å²) in [6.07, 6.45) is 1.58. The number of ether oxygens (including phenoxy) is 1. The fourth-order valence-electron chi connectivity index (χ4n) is 2.80. The van der Waals surface area contributed by atoms with E-state index in [1.807, 2.05) is 60.7 Å². The number of halogens is 1. The van der Waals surface area contributed by atoms with Gasteiger partial charge in [0.2, 0.25) is 0 Å². The minimum Gasteiger partial charge on any atom is -0.506 e. The van der Waals surface area contributed by atoms with Crippen molar-refractivity contribution in [3.05, 3.63) is 83.4 Å². The second-order valence-corrected chi connectivity index (χ2v) is 6.75. The molecule has 4 nitrogen and oxygen atoms in total. The summed E-state index contributed by atoms with van der Waals surface area (Å²) < 4.78 is 5.63. The number of aromatic hydroxyl groups is 1. The molecule has 0 saturated heterocycles. The number of nitrogens with one attached hydrogen (secondary N) is 1. The molecule has 0 aromatic heterocycles. The summed E-state index contributed by atoms with van der Waals surface area (Å²) >= 11 is 6.13. The first-order chi connectivity index (χ1) is 13.6. The van der Waals surface area contributed by atoms with Crippen LogP contribution in [-0.2, 0) is 0 Å². The molecule has 5 heteroatoms. The van der Waals surface area contributed by atoms with Crippen molar-refractivity contribution < 1.29 is 14.6 Å². The standard InChI is InChI=1S/C23H22ClNO3/c24-21-16-18(17-9-3-1-4-10-17)15-20(22(21)26)23(27)25-13-7-8-14-28-19-11-5-2-6-12-19/h1-6,9-12,15-16,26H,7-8,13-14H2,(H,25,27). The fraction of sp³-hybridized carbons (Fsp3) is 0.174. The number of phenolic OH excluding ortho intramolecular Hbond substituents is 1. The normalized spacial score (nSPS) is 10.5. The number of amides is 1. The molecule has 0 radical (unpaired) electrons. The molecule has 3 rings (SSSR count). The van der Waals surface area contributed by atoms with Gasteiger partial charge in [0.05, 0.1) is 17.2 Å². The quantitative estimate of drug-likeness (QED) is 0.509. The maximum Gasteiger partial charge on any atom is 0.255 e. The minimum atomic E-state index is -0.346. The van der Waals surface area contributed by atoms with Gasteiger partial charge in [-0.15, -0.1) is 0 Å². The lowest BCUT2D eigenvalue weighted by Crippen LogP contribution is -2.25. The fourth-order valence-corrected chi connectivity index (χ4v) is 3.02. The molecule has 0 unspecified atom stereocenters. The Bertz CT molecular complexity index is 914. The van der Waals surface area contributed by atoms with Crippen LogP contribution in [0.4, 0.5) is 0 Å². The van der Waals surface area contributed by atoms with E-state index in [4.69, 9.17) is 16.3 Å². The van der Waals surface area contributed by atoms with E-state index in [9.17, 15) is 9.90 Å². The molecule has 0 fully saturated rings. The SMILES string of the molecule is O=C(NCCCCOc1ccccc1)c1cc(-c2ccccc2)cc(Cl)c1O. The van der Waals surface area contributed by atoms with Crippen LogP contribution in [0.2, 0.25) is 5.02 Å². The summed E-state index contributed by atoms with van der Waals surface area (Å²) in [6, 6.07) is 22.5. The summed E-state index contributed by atoms with van der Waals surface area (Å²) in [7, 11) is 0. The van der Waals surface area contributed by atoms with Gasteiger partial charge in [-0.2, -0.15) is 0 Å². The summed E-state index contributed by atoms with van der Waals surface area (Å²) in [4.78, 5) is 12.5. The number of para-hydroxylation sites is 1. The molecule has 28 heavy (non-hydrogen) atoms. The third-order valence-electron chi connectivity index (χ3n) is 4.28. The Kier molecular flexibility index (Phi) is 6.93. The van der Waals surface area contributed by atoms with Crippen LogP contribution in [-0.4, -0.2) is 24.2 Å². The van der Waals surface area contributed by atoms with Gasteiger partial charge in [0.15, 0.2) is 0 Å². The highest BCUT2D eigenvalue weighted by atomic mass is 35.5. The van der Waals surface area contributed by atoms with Crippen molar-refractivity contribution in [2.45, 2.75) is 12.8 Å². The van der Waals surface area contributed by atoms with Crippen LogP contribution in [0.3, 0.4) is 0 Å². The number of phenols is 1. The number of benzene rings is 3. The second kappa shape index (κ2) is 9.81. The van der Waals surface area contributed by atoms with E-state index >= 15 is 0 Å². The summed E-state index contributed by atoms with van der Waals surface area (Å²) in [5.74, 6) is 0.288. The summed E-state index contributed by atoms with van der Waals surface area (Å²) in [6.45, 7) is 1.07. The lowest BCUT2D eigenvalue weighted by Gasteiger charge is -2.11. The van der Waals surface area contributed by atoms with Crippen LogP contribution in [0.5, 0.6) is 11.5 Å². The monoisotopic (exact) mass is 395 g/mol. The van der Waals surface area contributed by atoms with Crippen LogP contribution in [0.15, 0.2) is 72.8 Å². The Hall–Kier alpha value is -2.98. The van der Waals surface area contributed by atoms with Gasteiger partial charge in [-0.1, -0.05) is 60.1 Å². The van der Waals surface area contributed by atoms with E-state index < -0.39 is 0 Å². The van der Waals surface area contributed by atoms with E-state index in [-0.39, 0.29) is 22.2 Å². The van der Waals surface area contributed by atoms with Gasteiger partial charge < -0.3 is 15.2 Å². The Morgan fingerprint density at radius 2 is 1.61 bits per heavy atom. The molecule has 3 aromatic rings. The molecule has 0 aliphatic rings. The molecule has 0 spiro atoms. The smallest absolute Gasteiger partial charge is 0.255 e. The average molecular weight is 396 g/mol. The number of hydrogen-bond acceptors (Lipinski definition) is 3. The van der Waals surface area contributed by atoms with Gasteiger partial charge in [-0.25, -0.2) is 0 Å². The topological polar surface area (TPSA) is 58.6 Å². The summed E-state index contributed by atoms with van der Waals surface area (Å²) in [5.41, 5.74) is 1.88. The highest BCUT2D eigenvalue weighted by molar-refractivity contribution is 6.33. The maximum atomic E-state index is 12.5.